The number of carbonyl (C=O) groups excluding carboxylic acids is 1. The van der Waals surface area contributed by atoms with Crippen LogP contribution in [0.3, 0.4) is 0 Å². The quantitative estimate of drug-likeness (QED) is 0.783. The van der Waals surface area contributed by atoms with E-state index in [4.69, 9.17) is 0 Å². The van der Waals surface area contributed by atoms with E-state index < -0.39 is 0 Å². The topological polar surface area (TPSA) is 76.9 Å². The van der Waals surface area contributed by atoms with Crippen molar-refractivity contribution in [3.63, 3.8) is 0 Å². The van der Waals surface area contributed by atoms with Crippen molar-refractivity contribution in [3.05, 3.63) is 82.4 Å². The average Bonchev–Trinajstić information content (AvgIpc) is 2.63. The van der Waals surface area contributed by atoms with Crippen LogP contribution in [-0.2, 0) is 4.79 Å². The van der Waals surface area contributed by atoms with E-state index in [2.05, 4.69) is 15.6 Å². The zero-order valence-electron chi connectivity index (χ0n) is 12.7. The zero-order chi connectivity index (χ0) is 16.5. The number of hydrogen-bond acceptors (Lipinski definition) is 4. The van der Waals surface area contributed by atoms with Gasteiger partial charge in [0.1, 0.15) is 0 Å². The molecule has 1 aromatic heterocycles. The Hall–Kier alpha value is -3.28. The molecule has 2 aromatic carbocycles. The highest BCUT2D eigenvalue weighted by molar-refractivity contribution is 5.86. The number of nitrogens with one attached hydrogen (secondary N) is 1. The van der Waals surface area contributed by atoms with Crippen LogP contribution in [0.15, 0.2) is 65.5 Å². The van der Waals surface area contributed by atoms with E-state index in [-0.39, 0.29) is 29.5 Å². The minimum absolute atomic E-state index is 0.216. The molecule has 1 N–H and O–H groups in total. The molecule has 4 rings (SSSR count). The predicted molar refractivity (Wildman–Crippen MR) is 89.0 cm³/mol. The van der Waals surface area contributed by atoms with Crippen LogP contribution in [0.5, 0.6) is 0 Å². The van der Waals surface area contributed by atoms with Gasteiger partial charge in [-0.15, -0.1) is 10.2 Å². The molecule has 1 unspecified atom stereocenters. The Kier molecular flexibility index (Phi) is 3.42. The maximum absolute atomic E-state index is 12.8. The molecule has 0 spiro atoms. The number of hydrogen-bond donors (Lipinski definition) is 1. The second-order valence-electron chi connectivity index (χ2n) is 5.62. The summed E-state index contributed by atoms with van der Waals surface area (Å²) in [7, 11) is 0. The van der Waals surface area contributed by atoms with Gasteiger partial charge in [0.2, 0.25) is 5.91 Å². The molecule has 0 saturated carbocycles. The lowest BCUT2D eigenvalue weighted by Crippen LogP contribution is -2.43. The van der Waals surface area contributed by atoms with Gasteiger partial charge in [-0.3, -0.25) is 15.0 Å². The lowest BCUT2D eigenvalue weighted by atomic mass is 9.93. The first-order valence-corrected chi connectivity index (χ1v) is 7.64. The Morgan fingerprint density at radius 2 is 1.58 bits per heavy atom. The Morgan fingerprint density at radius 3 is 2.29 bits per heavy atom. The summed E-state index contributed by atoms with van der Waals surface area (Å²) < 4.78 is 1.22. The maximum Gasteiger partial charge on any atom is 0.299 e. The van der Waals surface area contributed by atoms with Crippen molar-refractivity contribution in [1.29, 1.82) is 0 Å². The molecule has 118 valence electrons. The fourth-order valence-electron chi connectivity index (χ4n) is 2.91. The molecule has 0 radical (unpaired) electrons. The molecule has 1 aliphatic rings. The molecule has 0 aliphatic carbocycles. The Morgan fingerprint density at radius 1 is 0.917 bits per heavy atom. The molecule has 3 aromatic rings. The number of nitrogens with zero attached hydrogens (tertiary/aromatic N) is 3. The van der Waals surface area contributed by atoms with Crippen molar-refractivity contribution < 1.29 is 4.79 Å². The number of rotatable bonds is 2. The van der Waals surface area contributed by atoms with Gasteiger partial charge in [-0.2, -0.15) is 4.68 Å². The molecule has 0 saturated heterocycles. The molecule has 6 heteroatoms. The fourth-order valence-corrected chi connectivity index (χ4v) is 2.91. The monoisotopic (exact) mass is 318 g/mol. The first-order chi connectivity index (χ1) is 11.7. The predicted octanol–water partition coefficient (Wildman–Crippen LogP) is 1.91. The smallest absolute Gasteiger partial charge is 0.273 e. The standard InChI is InChI=1S/C18H14N4O2/c23-15-11-14(12-7-3-1-4-8-12)17-20-19-16(18(24)22(17)21-15)13-9-5-2-6-10-13/h1-10,14H,11H2,(H,21,23). The van der Waals surface area contributed by atoms with E-state index in [0.29, 0.717) is 11.4 Å². The van der Waals surface area contributed by atoms with Gasteiger partial charge in [0.25, 0.3) is 5.56 Å². The van der Waals surface area contributed by atoms with E-state index in [1.165, 1.54) is 4.68 Å². The minimum atomic E-state index is -0.375. The molecule has 6 nitrogen and oxygen atoms in total. The van der Waals surface area contributed by atoms with Crippen molar-refractivity contribution in [1.82, 2.24) is 14.9 Å². The molecule has 0 bridgehead atoms. The van der Waals surface area contributed by atoms with Crippen LogP contribution in [-0.4, -0.2) is 20.8 Å². The Balaban J connectivity index is 1.87. The van der Waals surface area contributed by atoms with Crippen molar-refractivity contribution in [2.45, 2.75) is 12.3 Å². The lowest BCUT2D eigenvalue weighted by molar-refractivity contribution is -0.118. The summed E-state index contributed by atoms with van der Waals surface area (Å²) in [5.74, 6) is -0.0547. The van der Waals surface area contributed by atoms with E-state index in [1.807, 2.05) is 48.5 Å². The van der Waals surface area contributed by atoms with Crippen LogP contribution < -0.4 is 11.0 Å². The van der Waals surface area contributed by atoms with Gasteiger partial charge >= 0.3 is 0 Å². The molecule has 2 heterocycles. The third-order valence-corrected chi connectivity index (χ3v) is 4.07. The first-order valence-electron chi connectivity index (χ1n) is 7.64. The van der Waals surface area contributed by atoms with Crippen LogP contribution in [0.4, 0.5) is 0 Å². The second kappa shape index (κ2) is 5.73. The van der Waals surface area contributed by atoms with Crippen LogP contribution in [0, 0.1) is 0 Å². The molecule has 1 amide bonds. The van der Waals surface area contributed by atoms with E-state index in [9.17, 15) is 9.59 Å². The summed E-state index contributed by atoms with van der Waals surface area (Å²) >= 11 is 0. The molecular formula is C18H14N4O2. The third kappa shape index (κ3) is 2.38. The summed E-state index contributed by atoms with van der Waals surface area (Å²) in [4.78, 5) is 24.9. The van der Waals surface area contributed by atoms with Crippen LogP contribution in [0.2, 0.25) is 0 Å². The number of fused-ring (bicyclic) bond motifs is 1. The number of aromatic nitrogens is 3. The normalized spacial score (nSPS) is 16.3. The average molecular weight is 318 g/mol. The maximum atomic E-state index is 12.8. The van der Waals surface area contributed by atoms with Gasteiger partial charge in [-0.1, -0.05) is 60.7 Å². The molecule has 1 aliphatic heterocycles. The van der Waals surface area contributed by atoms with Gasteiger partial charge in [-0.05, 0) is 5.56 Å². The second-order valence-corrected chi connectivity index (χ2v) is 5.62. The molecular weight excluding hydrogens is 304 g/mol. The SMILES string of the molecule is O=C1CC(c2ccccc2)c2nnc(-c3ccccc3)c(=O)n2N1. The number of benzene rings is 2. The van der Waals surface area contributed by atoms with Crippen LogP contribution >= 0.6 is 0 Å². The van der Waals surface area contributed by atoms with E-state index in [1.54, 1.807) is 12.1 Å². The third-order valence-electron chi connectivity index (χ3n) is 4.07. The Bertz CT molecular complexity index is 952. The fraction of sp³-hybridized carbons (Fsp3) is 0.111. The Labute approximate surface area is 137 Å². The van der Waals surface area contributed by atoms with Gasteiger partial charge in [0.15, 0.2) is 11.5 Å². The largest absolute Gasteiger partial charge is 0.299 e. The lowest BCUT2D eigenvalue weighted by Gasteiger charge is -2.25. The van der Waals surface area contributed by atoms with Crippen molar-refractivity contribution in [2.75, 3.05) is 5.43 Å². The highest BCUT2D eigenvalue weighted by atomic mass is 16.2. The van der Waals surface area contributed by atoms with Crippen LogP contribution in [0.25, 0.3) is 11.3 Å². The summed E-state index contributed by atoms with van der Waals surface area (Å²) in [6, 6.07) is 18.6. The molecule has 0 fully saturated rings. The van der Waals surface area contributed by atoms with Crippen LogP contribution in [0.1, 0.15) is 23.7 Å². The van der Waals surface area contributed by atoms with E-state index in [0.717, 1.165) is 5.56 Å². The summed E-state index contributed by atoms with van der Waals surface area (Å²) in [5.41, 5.74) is 4.04. The van der Waals surface area contributed by atoms with Gasteiger partial charge in [0, 0.05) is 12.0 Å². The minimum Gasteiger partial charge on any atom is -0.273 e. The van der Waals surface area contributed by atoms with Gasteiger partial charge < -0.3 is 0 Å². The number of amides is 1. The van der Waals surface area contributed by atoms with Crippen molar-refractivity contribution in [3.8, 4) is 11.3 Å². The summed E-state index contributed by atoms with van der Waals surface area (Å²) in [6.45, 7) is 0. The van der Waals surface area contributed by atoms with Crippen molar-refractivity contribution in [2.24, 2.45) is 0 Å². The zero-order valence-corrected chi connectivity index (χ0v) is 12.7. The summed E-state index contributed by atoms with van der Waals surface area (Å²) in [5, 5.41) is 8.37. The first kappa shape index (κ1) is 14.3. The van der Waals surface area contributed by atoms with Gasteiger partial charge in [-0.25, -0.2) is 0 Å². The van der Waals surface area contributed by atoms with Crippen molar-refractivity contribution >= 4 is 5.91 Å². The molecule has 1 atom stereocenters. The highest BCUT2D eigenvalue weighted by Gasteiger charge is 2.30. The van der Waals surface area contributed by atoms with E-state index >= 15 is 0 Å². The van der Waals surface area contributed by atoms with Gasteiger partial charge in [0.05, 0.1) is 5.92 Å². The molecule has 24 heavy (non-hydrogen) atoms. The highest BCUT2D eigenvalue weighted by Crippen LogP contribution is 2.28. The summed E-state index contributed by atoms with van der Waals surface area (Å²) in [6.07, 6.45) is 0.239. The number of carbonyl (C=O) groups is 1.